The Kier molecular flexibility index (Phi) is 15.0. The van der Waals surface area contributed by atoms with Crippen LogP contribution < -0.4 is 0 Å². The van der Waals surface area contributed by atoms with E-state index in [-0.39, 0.29) is 6.42 Å². The molecular formula is C20H32O4. The molecule has 0 radical (unpaired) electrons. The van der Waals surface area contributed by atoms with Gasteiger partial charge in [0.2, 0.25) is 11.6 Å². The number of carboxylic acid groups (broad SMARTS) is 1. The highest BCUT2D eigenvalue weighted by molar-refractivity contribution is 6.41. The van der Waals surface area contributed by atoms with Gasteiger partial charge < -0.3 is 5.11 Å². The zero-order valence-electron chi connectivity index (χ0n) is 15.0. The van der Waals surface area contributed by atoms with Gasteiger partial charge in [0.05, 0.1) is 0 Å². The van der Waals surface area contributed by atoms with Crippen LogP contribution in [-0.4, -0.2) is 22.6 Å². The van der Waals surface area contributed by atoms with Gasteiger partial charge in [-0.2, -0.15) is 0 Å². The number of carboxylic acids is 1. The van der Waals surface area contributed by atoms with Crippen molar-refractivity contribution >= 4 is 17.5 Å². The second kappa shape index (κ2) is 16.2. The van der Waals surface area contributed by atoms with Crippen molar-refractivity contribution in [1.29, 1.82) is 0 Å². The van der Waals surface area contributed by atoms with Crippen LogP contribution in [0.25, 0.3) is 0 Å². The second-order valence-corrected chi connectivity index (χ2v) is 6.13. The van der Waals surface area contributed by atoms with Crippen molar-refractivity contribution < 1.29 is 19.5 Å². The van der Waals surface area contributed by atoms with Crippen LogP contribution in [0.3, 0.4) is 0 Å². The van der Waals surface area contributed by atoms with Crippen LogP contribution in [-0.2, 0) is 14.4 Å². The van der Waals surface area contributed by atoms with E-state index >= 15 is 0 Å². The van der Waals surface area contributed by atoms with Gasteiger partial charge in [-0.1, -0.05) is 83.3 Å². The van der Waals surface area contributed by atoms with Gasteiger partial charge in [0, 0.05) is 12.5 Å². The lowest BCUT2D eigenvalue weighted by Gasteiger charge is -2.02. The van der Waals surface area contributed by atoms with Crippen LogP contribution in [0, 0.1) is 0 Å². The van der Waals surface area contributed by atoms with E-state index in [0.717, 1.165) is 31.4 Å². The molecule has 1 N–H and O–H groups in total. The minimum atomic E-state index is -1.08. The summed E-state index contributed by atoms with van der Waals surface area (Å²) < 4.78 is 0. The zero-order chi connectivity index (χ0) is 18.0. The normalized spacial score (nSPS) is 11.4. The number of carbonyl (C=O) groups excluding carboxylic acids is 2. The summed E-state index contributed by atoms with van der Waals surface area (Å²) >= 11 is 0. The molecule has 0 aliphatic carbocycles. The van der Waals surface area contributed by atoms with Crippen LogP contribution in [0.15, 0.2) is 24.3 Å². The Hall–Kier alpha value is -1.71. The first kappa shape index (κ1) is 22.3. The van der Waals surface area contributed by atoms with Gasteiger partial charge >= 0.3 is 5.97 Å². The Morgan fingerprint density at radius 3 is 1.67 bits per heavy atom. The number of aliphatic carboxylic acids is 1. The molecule has 0 rings (SSSR count). The summed E-state index contributed by atoms with van der Waals surface area (Å²) in [5.41, 5.74) is 0. The van der Waals surface area contributed by atoms with Crippen molar-refractivity contribution in [2.24, 2.45) is 0 Å². The van der Waals surface area contributed by atoms with Gasteiger partial charge in [-0.05, 0) is 12.5 Å². The molecule has 136 valence electrons. The van der Waals surface area contributed by atoms with Crippen LogP contribution in [0.1, 0.15) is 84.0 Å². The molecule has 4 nitrogen and oxygen atoms in total. The Balaban J connectivity index is 3.51. The molecular weight excluding hydrogens is 304 g/mol. The summed E-state index contributed by atoms with van der Waals surface area (Å²) in [5.74, 6) is -2.04. The van der Waals surface area contributed by atoms with Gasteiger partial charge in [-0.25, -0.2) is 4.79 Å². The van der Waals surface area contributed by atoms with Crippen LogP contribution >= 0.6 is 0 Å². The Labute approximate surface area is 146 Å². The van der Waals surface area contributed by atoms with E-state index in [0.29, 0.717) is 0 Å². The summed E-state index contributed by atoms with van der Waals surface area (Å²) in [5, 5.41) is 8.38. The number of hydrogen-bond acceptors (Lipinski definition) is 3. The van der Waals surface area contributed by atoms with Crippen molar-refractivity contribution in [3.63, 3.8) is 0 Å². The zero-order valence-corrected chi connectivity index (χ0v) is 15.0. The third-order valence-electron chi connectivity index (χ3n) is 3.88. The van der Waals surface area contributed by atoms with Gasteiger partial charge in [0.15, 0.2) is 0 Å². The largest absolute Gasteiger partial charge is 0.478 e. The molecule has 0 aliphatic heterocycles. The third kappa shape index (κ3) is 15.2. The molecule has 0 saturated carbocycles. The summed E-state index contributed by atoms with van der Waals surface area (Å²) in [6.07, 6.45) is 18.1. The number of rotatable bonds is 16. The maximum absolute atomic E-state index is 11.6. The first-order valence-corrected chi connectivity index (χ1v) is 9.22. The quantitative estimate of drug-likeness (QED) is 0.186. The summed E-state index contributed by atoms with van der Waals surface area (Å²) in [4.78, 5) is 33.3. The average molecular weight is 336 g/mol. The smallest absolute Gasteiger partial charge is 0.328 e. The fourth-order valence-electron chi connectivity index (χ4n) is 2.45. The van der Waals surface area contributed by atoms with Crippen molar-refractivity contribution in [2.75, 3.05) is 0 Å². The van der Waals surface area contributed by atoms with E-state index in [1.165, 1.54) is 63.5 Å². The number of allylic oxidation sites excluding steroid dienone is 3. The number of carbonyl (C=O) groups is 3. The van der Waals surface area contributed by atoms with Crippen LogP contribution in [0.4, 0.5) is 0 Å². The monoisotopic (exact) mass is 336 g/mol. The van der Waals surface area contributed by atoms with Gasteiger partial charge in [0.25, 0.3) is 0 Å². The molecule has 0 aromatic heterocycles. The number of ketones is 2. The first-order valence-electron chi connectivity index (χ1n) is 9.22. The SMILES string of the molecule is CCCCCCCCCCCCCC(=O)C(=O)C=CC=CC(=O)O. The lowest BCUT2D eigenvalue weighted by Crippen LogP contribution is -2.10. The van der Waals surface area contributed by atoms with Crippen LogP contribution in [0.5, 0.6) is 0 Å². The summed E-state index contributed by atoms with van der Waals surface area (Å²) in [6.45, 7) is 2.23. The predicted octanol–water partition coefficient (Wildman–Crippen LogP) is 5.02. The lowest BCUT2D eigenvalue weighted by molar-refractivity contribution is -0.133. The van der Waals surface area contributed by atoms with Crippen molar-refractivity contribution in [1.82, 2.24) is 0 Å². The predicted molar refractivity (Wildman–Crippen MR) is 97.0 cm³/mol. The van der Waals surface area contributed by atoms with Crippen molar-refractivity contribution in [3.8, 4) is 0 Å². The van der Waals surface area contributed by atoms with E-state index in [1.807, 2.05) is 0 Å². The molecule has 0 atom stereocenters. The van der Waals surface area contributed by atoms with Crippen molar-refractivity contribution in [2.45, 2.75) is 84.0 Å². The number of unbranched alkanes of at least 4 members (excludes halogenated alkanes) is 10. The first-order chi connectivity index (χ1) is 11.6. The highest BCUT2D eigenvalue weighted by atomic mass is 16.4. The molecule has 0 fully saturated rings. The van der Waals surface area contributed by atoms with Gasteiger partial charge in [-0.3, -0.25) is 9.59 Å². The van der Waals surface area contributed by atoms with E-state index in [9.17, 15) is 14.4 Å². The fourth-order valence-corrected chi connectivity index (χ4v) is 2.45. The summed E-state index contributed by atoms with van der Waals surface area (Å²) in [6, 6.07) is 0. The highest BCUT2D eigenvalue weighted by Gasteiger charge is 2.08. The molecule has 0 bridgehead atoms. The standard InChI is InChI=1S/C20H32O4/c1-2-3-4-5-6-7-8-9-10-11-12-15-18(21)19(22)16-13-14-17-20(23)24/h13-14,16-17H,2-12,15H2,1H3,(H,23,24). The average Bonchev–Trinajstić information content (AvgIpc) is 2.56. The lowest BCUT2D eigenvalue weighted by atomic mass is 10.0. The number of Topliss-reactive ketones (excluding diaryl/α,β-unsaturated/α-hetero) is 1. The maximum Gasteiger partial charge on any atom is 0.328 e. The maximum atomic E-state index is 11.6. The molecule has 0 aromatic rings. The molecule has 0 heterocycles. The highest BCUT2D eigenvalue weighted by Crippen LogP contribution is 2.12. The Morgan fingerprint density at radius 2 is 1.17 bits per heavy atom. The van der Waals surface area contributed by atoms with E-state index in [4.69, 9.17) is 5.11 Å². The molecule has 0 aromatic carbocycles. The fraction of sp³-hybridized carbons (Fsp3) is 0.650. The Bertz CT molecular complexity index is 421. The molecule has 0 saturated heterocycles. The topological polar surface area (TPSA) is 71.4 Å². The molecule has 0 aliphatic rings. The van der Waals surface area contributed by atoms with E-state index < -0.39 is 17.5 Å². The molecule has 0 unspecified atom stereocenters. The molecule has 24 heavy (non-hydrogen) atoms. The minimum absolute atomic E-state index is 0.281. The molecule has 0 spiro atoms. The van der Waals surface area contributed by atoms with Crippen LogP contribution in [0.2, 0.25) is 0 Å². The third-order valence-corrected chi connectivity index (χ3v) is 3.88. The van der Waals surface area contributed by atoms with Gasteiger partial charge in [0.1, 0.15) is 0 Å². The molecule has 4 heteroatoms. The molecule has 0 amide bonds. The Morgan fingerprint density at radius 1 is 0.708 bits per heavy atom. The number of hydrogen-bond donors (Lipinski definition) is 1. The second-order valence-electron chi connectivity index (χ2n) is 6.13. The minimum Gasteiger partial charge on any atom is -0.478 e. The summed E-state index contributed by atoms with van der Waals surface area (Å²) in [7, 11) is 0. The van der Waals surface area contributed by atoms with Crippen molar-refractivity contribution in [3.05, 3.63) is 24.3 Å². The van der Waals surface area contributed by atoms with Gasteiger partial charge in [-0.15, -0.1) is 0 Å². The van der Waals surface area contributed by atoms with E-state index in [1.54, 1.807) is 0 Å². The van der Waals surface area contributed by atoms with E-state index in [2.05, 4.69) is 6.92 Å².